The fraction of sp³-hybridized carbons (Fsp3) is 0.833. The molecule has 0 aliphatic rings. The summed E-state index contributed by atoms with van der Waals surface area (Å²) >= 11 is 0. The molecule has 0 heterocycles. The molecule has 0 unspecified atom stereocenters. The number of aldehydes is 1. The van der Waals surface area contributed by atoms with Gasteiger partial charge in [-0.15, -0.1) is 0 Å². The average molecular weight is 260 g/mol. The number of carboxylic acids is 1. The van der Waals surface area contributed by atoms with Gasteiger partial charge in [-0.05, 0) is 24.6 Å². The van der Waals surface area contributed by atoms with Crippen LogP contribution in [0.25, 0.3) is 0 Å². The fourth-order valence-corrected chi connectivity index (χ4v) is 2.61. The van der Waals surface area contributed by atoms with E-state index in [1.165, 1.54) is 0 Å². The highest BCUT2D eigenvalue weighted by atomic mass is 28.4. The Bertz CT molecular complexity index is 268. The van der Waals surface area contributed by atoms with Crippen molar-refractivity contribution in [3.05, 3.63) is 0 Å². The van der Waals surface area contributed by atoms with Gasteiger partial charge in [-0.1, -0.05) is 20.8 Å². The van der Waals surface area contributed by atoms with Crippen LogP contribution in [0, 0.1) is 0 Å². The molecule has 0 rings (SSSR count). The molecule has 0 saturated carbocycles. The summed E-state index contributed by atoms with van der Waals surface area (Å²) in [5, 5.41) is 8.72. The Morgan fingerprint density at radius 2 is 1.94 bits per heavy atom. The third-order valence-electron chi connectivity index (χ3n) is 3.31. The average Bonchev–Trinajstić information content (AvgIpc) is 2.12. The summed E-state index contributed by atoms with van der Waals surface area (Å²) in [4.78, 5) is 21.1. The third kappa shape index (κ3) is 5.98. The molecular weight excluding hydrogens is 236 g/mol. The molecule has 100 valence electrons. The molecule has 0 bridgehead atoms. The Morgan fingerprint density at radius 3 is 2.29 bits per heavy atom. The van der Waals surface area contributed by atoms with E-state index in [4.69, 9.17) is 9.53 Å². The summed E-state index contributed by atoms with van der Waals surface area (Å²) in [7, 11) is -1.93. The van der Waals surface area contributed by atoms with Crippen LogP contribution in [0.4, 0.5) is 0 Å². The molecule has 4 nitrogen and oxygen atoms in total. The summed E-state index contributed by atoms with van der Waals surface area (Å²) in [6, 6.07) is 0. The lowest BCUT2D eigenvalue weighted by atomic mass is 10.1. The van der Waals surface area contributed by atoms with Crippen molar-refractivity contribution in [3.8, 4) is 0 Å². The largest absolute Gasteiger partial charge is 0.481 e. The lowest BCUT2D eigenvalue weighted by Gasteiger charge is -2.39. The Hall–Kier alpha value is -0.683. The van der Waals surface area contributed by atoms with Crippen LogP contribution in [0.5, 0.6) is 0 Å². The molecular formula is C12H24O4Si. The van der Waals surface area contributed by atoms with E-state index in [0.29, 0.717) is 6.42 Å². The quantitative estimate of drug-likeness (QED) is 0.565. The number of carbonyl (C=O) groups excluding carboxylic acids is 1. The second-order valence-corrected chi connectivity index (χ2v) is 10.6. The molecule has 0 amide bonds. The number of carboxylic acid groups (broad SMARTS) is 1. The number of hydrogen-bond acceptors (Lipinski definition) is 3. The van der Waals surface area contributed by atoms with Gasteiger partial charge in [0.1, 0.15) is 6.29 Å². The second kappa shape index (κ2) is 6.30. The Morgan fingerprint density at radius 1 is 1.41 bits per heavy atom. The Labute approximate surface area is 104 Å². The predicted molar refractivity (Wildman–Crippen MR) is 69.6 cm³/mol. The van der Waals surface area contributed by atoms with Crippen molar-refractivity contribution < 1.29 is 19.1 Å². The maximum atomic E-state index is 10.6. The first-order valence-corrected chi connectivity index (χ1v) is 8.84. The topological polar surface area (TPSA) is 63.6 Å². The van der Waals surface area contributed by atoms with Crippen molar-refractivity contribution in [1.29, 1.82) is 0 Å². The van der Waals surface area contributed by atoms with E-state index in [1.54, 1.807) is 0 Å². The molecule has 1 N–H and O–H groups in total. The zero-order chi connectivity index (χ0) is 13.7. The van der Waals surface area contributed by atoms with Crippen LogP contribution in [-0.4, -0.2) is 31.8 Å². The molecule has 0 aromatic rings. The maximum Gasteiger partial charge on any atom is 0.303 e. The summed E-state index contributed by atoms with van der Waals surface area (Å²) < 4.78 is 6.04. The van der Waals surface area contributed by atoms with Crippen LogP contribution < -0.4 is 0 Å². The lowest BCUT2D eigenvalue weighted by molar-refractivity contribution is -0.137. The van der Waals surface area contributed by atoms with Crippen molar-refractivity contribution in [2.24, 2.45) is 0 Å². The van der Waals surface area contributed by atoms with Gasteiger partial charge in [0.2, 0.25) is 0 Å². The van der Waals surface area contributed by atoms with Crippen LogP contribution in [0.3, 0.4) is 0 Å². The van der Waals surface area contributed by atoms with Gasteiger partial charge in [0.05, 0.1) is 6.10 Å². The number of aliphatic carboxylic acids is 1. The van der Waals surface area contributed by atoms with Crippen LogP contribution in [-0.2, 0) is 14.0 Å². The standard InChI is InChI=1S/C12H24O4Si/c1-12(2,3)17(4,5)16-10(8-9-13)6-7-11(14)15/h9-10H,6-8H2,1-5H3,(H,14,15)/t10-/m1/s1. The zero-order valence-corrected chi connectivity index (χ0v) is 12.4. The van der Waals surface area contributed by atoms with Gasteiger partial charge in [0.15, 0.2) is 8.32 Å². The molecule has 0 spiro atoms. The van der Waals surface area contributed by atoms with E-state index < -0.39 is 14.3 Å². The molecule has 5 heteroatoms. The van der Waals surface area contributed by atoms with Gasteiger partial charge in [0, 0.05) is 12.8 Å². The molecule has 0 saturated heterocycles. The second-order valence-electron chi connectivity index (χ2n) is 5.83. The highest BCUT2D eigenvalue weighted by molar-refractivity contribution is 6.74. The van der Waals surface area contributed by atoms with E-state index >= 15 is 0 Å². The van der Waals surface area contributed by atoms with Crippen LogP contribution >= 0.6 is 0 Å². The first kappa shape index (κ1) is 16.3. The fourth-order valence-electron chi connectivity index (χ4n) is 1.21. The highest BCUT2D eigenvalue weighted by Crippen LogP contribution is 2.37. The maximum absolute atomic E-state index is 10.6. The Kier molecular flexibility index (Phi) is 6.05. The van der Waals surface area contributed by atoms with Gasteiger partial charge < -0.3 is 14.3 Å². The van der Waals surface area contributed by atoms with Crippen molar-refractivity contribution in [3.63, 3.8) is 0 Å². The van der Waals surface area contributed by atoms with E-state index in [2.05, 4.69) is 33.9 Å². The van der Waals surface area contributed by atoms with E-state index in [9.17, 15) is 9.59 Å². The highest BCUT2D eigenvalue weighted by Gasteiger charge is 2.39. The van der Waals surface area contributed by atoms with Crippen molar-refractivity contribution in [2.45, 2.75) is 64.3 Å². The summed E-state index contributed by atoms with van der Waals surface area (Å²) in [6.45, 7) is 10.6. The van der Waals surface area contributed by atoms with E-state index in [1.807, 2.05) is 0 Å². The molecule has 0 radical (unpaired) electrons. The van der Waals surface area contributed by atoms with Gasteiger partial charge in [0.25, 0.3) is 0 Å². The Balaban J connectivity index is 4.52. The molecule has 0 aromatic carbocycles. The minimum atomic E-state index is -1.93. The minimum absolute atomic E-state index is 0.0487. The van der Waals surface area contributed by atoms with Crippen molar-refractivity contribution >= 4 is 20.6 Å². The van der Waals surface area contributed by atoms with Gasteiger partial charge in [-0.3, -0.25) is 4.79 Å². The van der Waals surface area contributed by atoms with Gasteiger partial charge in [-0.25, -0.2) is 0 Å². The van der Waals surface area contributed by atoms with Crippen LogP contribution in [0.2, 0.25) is 18.1 Å². The SMILES string of the molecule is CC(C)(C)[Si](C)(C)O[C@@H](CC=O)CCC(=O)O. The predicted octanol–water partition coefficient (Wildman–Crippen LogP) is 2.83. The van der Waals surface area contributed by atoms with E-state index in [-0.39, 0.29) is 24.0 Å². The van der Waals surface area contributed by atoms with Gasteiger partial charge >= 0.3 is 5.97 Å². The lowest BCUT2D eigenvalue weighted by Crippen LogP contribution is -2.44. The molecule has 17 heavy (non-hydrogen) atoms. The summed E-state index contributed by atoms with van der Waals surface area (Å²) in [5.41, 5.74) is 0. The number of carbonyl (C=O) groups is 2. The molecule has 0 aromatic heterocycles. The smallest absolute Gasteiger partial charge is 0.303 e. The van der Waals surface area contributed by atoms with E-state index in [0.717, 1.165) is 6.29 Å². The van der Waals surface area contributed by atoms with Crippen LogP contribution in [0.1, 0.15) is 40.0 Å². The van der Waals surface area contributed by atoms with Crippen molar-refractivity contribution in [1.82, 2.24) is 0 Å². The third-order valence-corrected chi connectivity index (χ3v) is 7.84. The summed E-state index contributed by atoms with van der Waals surface area (Å²) in [6.07, 6.45) is 1.28. The molecule has 1 atom stereocenters. The summed E-state index contributed by atoms with van der Waals surface area (Å²) in [5.74, 6) is -0.847. The monoisotopic (exact) mass is 260 g/mol. The van der Waals surface area contributed by atoms with Crippen molar-refractivity contribution in [2.75, 3.05) is 0 Å². The molecule has 0 aliphatic carbocycles. The normalized spacial score (nSPS) is 14.4. The number of hydrogen-bond donors (Lipinski definition) is 1. The zero-order valence-electron chi connectivity index (χ0n) is 11.4. The van der Waals surface area contributed by atoms with Crippen LogP contribution in [0.15, 0.2) is 0 Å². The van der Waals surface area contributed by atoms with Gasteiger partial charge in [-0.2, -0.15) is 0 Å². The minimum Gasteiger partial charge on any atom is -0.481 e. The molecule has 0 fully saturated rings. The molecule has 0 aliphatic heterocycles. The first-order valence-electron chi connectivity index (χ1n) is 5.93. The number of rotatable bonds is 7. The first-order chi connectivity index (χ1) is 7.60.